The quantitative estimate of drug-likeness (QED) is 0.726. The largest absolute Gasteiger partial charge is 0.490 e. The van der Waals surface area contributed by atoms with Crippen molar-refractivity contribution in [1.82, 2.24) is 0 Å². The van der Waals surface area contributed by atoms with E-state index in [0.717, 1.165) is 34.0 Å². The van der Waals surface area contributed by atoms with Gasteiger partial charge in [0.2, 0.25) is 0 Å². The number of ether oxygens (including phenoxy) is 1. The number of para-hydroxylation sites is 1. The van der Waals surface area contributed by atoms with E-state index in [1.54, 1.807) is 6.08 Å². The molecule has 2 N–H and O–H groups in total. The highest BCUT2D eigenvalue weighted by Crippen LogP contribution is 2.18. The third-order valence-electron chi connectivity index (χ3n) is 4.00. The number of amides is 1. The van der Waals surface area contributed by atoms with E-state index in [-0.39, 0.29) is 5.91 Å². The van der Waals surface area contributed by atoms with Gasteiger partial charge in [-0.1, -0.05) is 30.9 Å². The topological polar surface area (TPSA) is 42.8 Å². The van der Waals surface area contributed by atoms with Crippen LogP contribution in [0.3, 0.4) is 0 Å². The van der Waals surface area contributed by atoms with Crippen LogP contribution >= 0.6 is 0 Å². The Kier molecular flexibility index (Phi) is 6.78. The highest BCUT2D eigenvalue weighted by atomic mass is 16.5. The lowest BCUT2D eigenvalue weighted by Crippen LogP contribution is -3.08. The molecule has 0 aromatic heterocycles. The number of anilines is 1. The Bertz CT molecular complexity index is 703. The van der Waals surface area contributed by atoms with E-state index in [9.17, 15) is 4.79 Å². The van der Waals surface area contributed by atoms with Crippen molar-refractivity contribution in [1.29, 1.82) is 0 Å². The molecule has 2 rings (SSSR count). The minimum Gasteiger partial charge on any atom is -0.490 e. The molecule has 0 aliphatic heterocycles. The maximum Gasteiger partial charge on any atom is 0.279 e. The summed E-state index contributed by atoms with van der Waals surface area (Å²) in [5.41, 5.74) is 4.26. The summed E-state index contributed by atoms with van der Waals surface area (Å²) in [6, 6.07) is 14.0. The molecule has 1 unspecified atom stereocenters. The molecule has 0 aliphatic carbocycles. The van der Waals surface area contributed by atoms with Crippen LogP contribution in [0.15, 0.2) is 55.1 Å². The number of benzene rings is 2. The van der Waals surface area contributed by atoms with Gasteiger partial charge in [0.1, 0.15) is 18.9 Å². The Morgan fingerprint density at radius 1 is 1.16 bits per heavy atom. The summed E-state index contributed by atoms with van der Waals surface area (Å²) in [5.74, 6) is 0.856. The van der Waals surface area contributed by atoms with Gasteiger partial charge in [-0.05, 0) is 49.2 Å². The van der Waals surface area contributed by atoms with Crippen LogP contribution in [0.25, 0.3) is 0 Å². The number of rotatable bonds is 8. The predicted molar refractivity (Wildman–Crippen MR) is 102 cm³/mol. The van der Waals surface area contributed by atoms with Gasteiger partial charge >= 0.3 is 0 Å². The zero-order valence-corrected chi connectivity index (χ0v) is 15.3. The van der Waals surface area contributed by atoms with Crippen molar-refractivity contribution < 1.29 is 14.4 Å². The number of quaternary nitrogens is 1. The van der Waals surface area contributed by atoms with Gasteiger partial charge < -0.3 is 15.0 Å². The molecule has 0 saturated heterocycles. The predicted octanol–water partition coefficient (Wildman–Crippen LogP) is 2.52. The van der Waals surface area contributed by atoms with E-state index < -0.39 is 0 Å². The first-order valence-corrected chi connectivity index (χ1v) is 8.49. The molecule has 25 heavy (non-hydrogen) atoms. The van der Waals surface area contributed by atoms with Gasteiger partial charge in [-0.3, -0.25) is 4.79 Å². The second-order valence-electron chi connectivity index (χ2n) is 6.37. The van der Waals surface area contributed by atoms with E-state index in [2.05, 4.69) is 11.9 Å². The average molecular weight is 339 g/mol. The van der Waals surface area contributed by atoms with Crippen LogP contribution in [0.4, 0.5) is 5.69 Å². The highest BCUT2D eigenvalue weighted by molar-refractivity contribution is 5.93. The van der Waals surface area contributed by atoms with Crippen LogP contribution < -0.4 is 15.0 Å². The smallest absolute Gasteiger partial charge is 0.279 e. The Balaban J connectivity index is 1.88. The Labute approximate surface area is 150 Å². The number of carbonyl (C=O) groups is 1. The van der Waals surface area contributed by atoms with E-state index in [1.807, 2.05) is 63.4 Å². The highest BCUT2D eigenvalue weighted by Gasteiger charge is 2.13. The summed E-state index contributed by atoms with van der Waals surface area (Å²) >= 11 is 0. The minimum absolute atomic E-state index is 0.0286. The molecule has 0 heterocycles. The maximum atomic E-state index is 12.3. The monoisotopic (exact) mass is 339 g/mol. The molecule has 2 aromatic rings. The van der Waals surface area contributed by atoms with Crippen molar-refractivity contribution in [3.8, 4) is 5.75 Å². The van der Waals surface area contributed by atoms with Crippen LogP contribution in [0.5, 0.6) is 5.75 Å². The van der Waals surface area contributed by atoms with Gasteiger partial charge in [-0.15, -0.1) is 0 Å². The zero-order chi connectivity index (χ0) is 18.2. The number of carbonyl (C=O) groups excluding carboxylic acids is 1. The first-order valence-electron chi connectivity index (χ1n) is 8.49. The zero-order valence-electron chi connectivity index (χ0n) is 15.3. The Morgan fingerprint density at radius 3 is 2.40 bits per heavy atom. The second kappa shape index (κ2) is 9.04. The molecule has 1 atom stereocenters. The molecule has 132 valence electrons. The van der Waals surface area contributed by atoms with Crippen molar-refractivity contribution >= 4 is 11.6 Å². The van der Waals surface area contributed by atoms with Crippen molar-refractivity contribution in [3.05, 3.63) is 71.8 Å². The van der Waals surface area contributed by atoms with Crippen LogP contribution in [0.2, 0.25) is 0 Å². The first kappa shape index (κ1) is 18.7. The molecule has 0 radical (unpaired) electrons. The molecule has 0 saturated carbocycles. The summed E-state index contributed by atoms with van der Waals surface area (Å²) in [6.45, 7) is 9.35. The van der Waals surface area contributed by atoms with Gasteiger partial charge in [-0.2, -0.15) is 0 Å². The molecule has 0 bridgehead atoms. The van der Waals surface area contributed by atoms with Gasteiger partial charge in [0.15, 0.2) is 6.54 Å². The third-order valence-corrected chi connectivity index (χ3v) is 4.00. The molecule has 4 nitrogen and oxygen atoms in total. The molecule has 0 spiro atoms. The second-order valence-corrected chi connectivity index (χ2v) is 6.37. The summed E-state index contributed by atoms with van der Waals surface area (Å²) in [6.07, 6.45) is 1.72. The lowest BCUT2D eigenvalue weighted by molar-refractivity contribution is -0.885. The number of nitrogens with one attached hydrogen (secondary N) is 2. The maximum absolute atomic E-state index is 12.3. The molecule has 0 fully saturated rings. The molecule has 2 aromatic carbocycles. The first-order chi connectivity index (χ1) is 12.0. The molecule has 4 heteroatoms. The molecular weight excluding hydrogens is 312 g/mol. The van der Waals surface area contributed by atoms with E-state index in [4.69, 9.17) is 4.74 Å². The average Bonchev–Trinajstić information content (AvgIpc) is 2.57. The van der Waals surface area contributed by atoms with Gasteiger partial charge in [-0.25, -0.2) is 0 Å². The van der Waals surface area contributed by atoms with Gasteiger partial charge in [0.25, 0.3) is 5.91 Å². The number of likely N-dealkylation sites (N-methyl/N-ethyl adjacent to an activating group) is 1. The van der Waals surface area contributed by atoms with E-state index in [1.165, 1.54) is 5.56 Å². The fourth-order valence-electron chi connectivity index (χ4n) is 2.74. The summed E-state index contributed by atoms with van der Waals surface area (Å²) < 4.78 is 5.48. The number of hydrogen-bond acceptors (Lipinski definition) is 2. The summed E-state index contributed by atoms with van der Waals surface area (Å²) in [4.78, 5) is 13.5. The Morgan fingerprint density at radius 2 is 1.80 bits per heavy atom. The summed E-state index contributed by atoms with van der Waals surface area (Å²) in [5, 5.41) is 3.04. The van der Waals surface area contributed by atoms with Crippen LogP contribution in [-0.4, -0.2) is 26.1 Å². The van der Waals surface area contributed by atoms with Crippen molar-refractivity contribution in [3.63, 3.8) is 0 Å². The van der Waals surface area contributed by atoms with Gasteiger partial charge in [0, 0.05) is 11.3 Å². The standard InChI is InChI=1S/C21H26N2O2/c1-5-13-25-19-11-9-18(10-12-19)14-23(4)15-20(24)22-21-16(2)7-6-8-17(21)3/h5-12H,1,13-15H2,2-4H3,(H,22,24)/p+1. The van der Waals surface area contributed by atoms with Crippen LogP contribution in [0, 0.1) is 13.8 Å². The van der Waals surface area contributed by atoms with Crippen molar-refractivity contribution in [2.75, 3.05) is 25.5 Å². The lowest BCUT2D eigenvalue weighted by Gasteiger charge is -2.16. The normalized spacial score (nSPS) is 11.6. The molecule has 1 amide bonds. The SMILES string of the molecule is C=CCOc1ccc(C[NH+](C)CC(=O)Nc2c(C)cccc2C)cc1. The van der Waals surface area contributed by atoms with E-state index >= 15 is 0 Å². The fourth-order valence-corrected chi connectivity index (χ4v) is 2.74. The van der Waals surface area contributed by atoms with Crippen molar-refractivity contribution in [2.45, 2.75) is 20.4 Å². The lowest BCUT2D eigenvalue weighted by atomic mass is 10.1. The van der Waals surface area contributed by atoms with Crippen LogP contribution in [0.1, 0.15) is 16.7 Å². The third kappa shape index (κ3) is 5.76. The fraction of sp³-hybridized carbons (Fsp3) is 0.286. The molecule has 0 aliphatic rings. The van der Waals surface area contributed by atoms with Crippen LogP contribution in [-0.2, 0) is 11.3 Å². The summed E-state index contributed by atoms with van der Waals surface area (Å²) in [7, 11) is 2.02. The molecular formula is C21H27N2O2+. The van der Waals surface area contributed by atoms with E-state index in [0.29, 0.717) is 13.2 Å². The minimum atomic E-state index is 0.0286. The van der Waals surface area contributed by atoms with Crippen molar-refractivity contribution in [2.24, 2.45) is 0 Å². The van der Waals surface area contributed by atoms with Gasteiger partial charge in [0.05, 0.1) is 7.05 Å². The number of aryl methyl sites for hydroxylation is 2. The number of hydrogen-bond donors (Lipinski definition) is 2. The Hall–Kier alpha value is -2.59.